The Hall–Kier alpha value is -3.79. The summed E-state index contributed by atoms with van der Waals surface area (Å²) in [6.45, 7) is 1.55. The first-order valence-electron chi connectivity index (χ1n) is 8.89. The summed E-state index contributed by atoms with van der Waals surface area (Å²) >= 11 is 0. The number of nitrogens with one attached hydrogen (secondary N) is 2. The first kappa shape index (κ1) is 19.5. The normalized spacial score (nSPS) is 11.3. The highest BCUT2D eigenvalue weighted by Crippen LogP contribution is 2.22. The van der Waals surface area contributed by atoms with E-state index in [2.05, 4.69) is 25.1 Å². The van der Waals surface area contributed by atoms with E-state index in [1.54, 1.807) is 60.4 Å². The molecule has 2 heterocycles. The van der Waals surface area contributed by atoms with Gasteiger partial charge in [0.15, 0.2) is 5.82 Å². The lowest BCUT2D eigenvalue weighted by Gasteiger charge is -2.11. The Bertz CT molecular complexity index is 1280. The molecule has 0 saturated heterocycles. The van der Waals surface area contributed by atoms with Gasteiger partial charge >= 0.3 is 0 Å². The van der Waals surface area contributed by atoms with Crippen LogP contribution in [0.3, 0.4) is 0 Å². The summed E-state index contributed by atoms with van der Waals surface area (Å²) in [6.07, 6.45) is 4.85. The van der Waals surface area contributed by atoms with Crippen molar-refractivity contribution in [3.63, 3.8) is 0 Å². The quantitative estimate of drug-likeness (QED) is 0.490. The molecule has 4 aromatic rings. The molecule has 0 unspecified atom stereocenters. The molecule has 2 aromatic carbocycles. The molecule has 0 bridgehead atoms. The minimum Gasteiger partial charge on any atom is -0.340 e. The van der Waals surface area contributed by atoms with Gasteiger partial charge < -0.3 is 5.32 Å². The summed E-state index contributed by atoms with van der Waals surface area (Å²) in [5.41, 5.74) is 1.42. The van der Waals surface area contributed by atoms with Crippen molar-refractivity contribution in [3.8, 4) is 5.82 Å². The number of aromatic nitrogens is 4. The third-order valence-electron chi connectivity index (χ3n) is 4.23. The molecule has 30 heavy (non-hydrogen) atoms. The Morgan fingerprint density at radius 1 is 1.00 bits per heavy atom. The molecule has 0 amide bonds. The van der Waals surface area contributed by atoms with Gasteiger partial charge in [0.25, 0.3) is 10.0 Å². The fraction of sp³-hybridized carbons (Fsp3) is 0.0500. The average molecular weight is 424 g/mol. The second-order valence-corrected chi connectivity index (χ2v) is 8.08. The van der Waals surface area contributed by atoms with Gasteiger partial charge in [-0.3, -0.25) is 4.72 Å². The number of aryl methyl sites for hydroxylation is 1. The molecule has 0 spiro atoms. The Balaban J connectivity index is 1.49. The van der Waals surface area contributed by atoms with Crippen molar-refractivity contribution in [1.82, 2.24) is 19.7 Å². The van der Waals surface area contributed by atoms with Crippen molar-refractivity contribution in [2.45, 2.75) is 11.8 Å². The maximum Gasteiger partial charge on any atom is 0.262 e. The molecule has 4 rings (SSSR count). The van der Waals surface area contributed by atoms with E-state index in [0.717, 1.165) is 6.07 Å². The van der Waals surface area contributed by atoms with Gasteiger partial charge in [0.2, 0.25) is 0 Å². The summed E-state index contributed by atoms with van der Waals surface area (Å²) in [6, 6.07) is 13.7. The van der Waals surface area contributed by atoms with Crippen molar-refractivity contribution in [2.24, 2.45) is 0 Å². The summed E-state index contributed by atoms with van der Waals surface area (Å²) in [5.74, 6) is 0.685. The topological polar surface area (TPSA) is 102 Å². The van der Waals surface area contributed by atoms with Gasteiger partial charge in [-0.05, 0) is 61.0 Å². The first-order valence-corrected chi connectivity index (χ1v) is 10.4. The van der Waals surface area contributed by atoms with Crippen LogP contribution in [0.1, 0.15) is 5.56 Å². The Labute approximate surface area is 172 Å². The van der Waals surface area contributed by atoms with E-state index in [1.165, 1.54) is 18.5 Å². The summed E-state index contributed by atoms with van der Waals surface area (Å²) in [5, 5.41) is 7.26. The summed E-state index contributed by atoms with van der Waals surface area (Å²) < 4.78 is 42.5. The molecule has 0 aliphatic rings. The molecule has 0 radical (unpaired) electrons. The van der Waals surface area contributed by atoms with Crippen LogP contribution in [0, 0.1) is 12.7 Å². The standard InChI is InChI=1S/C20H17FN6O2S/c1-14-11-15(21)3-8-18(14)30(28,29)26-17-6-4-16(5-7-17)25-19-12-20(23-13-22-19)27-10-2-9-24-27/h2-13,26H,1H3,(H,22,23,25). The number of hydrogen-bond acceptors (Lipinski definition) is 6. The Morgan fingerprint density at radius 2 is 1.77 bits per heavy atom. The van der Waals surface area contributed by atoms with Gasteiger partial charge in [-0.15, -0.1) is 0 Å². The molecule has 10 heteroatoms. The smallest absolute Gasteiger partial charge is 0.262 e. The molecule has 0 atom stereocenters. The van der Waals surface area contributed by atoms with E-state index >= 15 is 0 Å². The monoisotopic (exact) mass is 424 g/mol. The third kappa shape index (κ3) is 4.28. The number of rotatable bonds is 6. The number of benzene rings is 2. The Morgan fingerprint density at radius 3 is 2.47 bits per heavy atom. The van der Waals surface area contributed by atoms with Crippen molar-refractivity contribution in [2.75, 3.05) is 10.0 Å². The number of anilines is 3. The fourth-order valence-corrected chi connectivity index (χ4v) is 4.13. The van der Waals surface area contributed by atoms with E-state index in [1.807, 2.05) is 0 Å². The third-order valence-corrected chi connectivity index (χ3v) is 5.77. The lowest BCUT2D eigenvalue weighted by atomic mass is 10.2. The largest absolute Gasteiger partial charge is 0.340 e. The zero-order chi connectivity index (χ0) is 21.1. The van der Waals surface area contributed by atoms with Crippen LogP contribution in [-0.2, 0) is 10.0 Å². The van der Waals surface area contributed by atoms with Gasteiger partial charge in [-0.1, -0.05) is 0 Å². The zero-order valence-corrected chi connectivity index (χ0v) is 16.6. The second-order valence-electron chi connectivity index (χ2n) is 6.43. The van der Waals surface area contributed by atoms with Crippen LogP contribution in [0.4, 0.5) is 21.6 Å². The molecular weight excluding hydrogens is 407 g/mol. The summed E-state index contributed by atoms with van der Waals surface area (Å²) in [7, 11) is -3.83. The fourth-order valence-electron chi connectivity index (χ4n) is 2.84. The lowest BCUT2D eigenvalue weighted by Crippen LogP contribution is -2.14. The van der Waals surface area contributed by atoms with E-state index in [9.17, 15) is 12.8 Å². The first-order chi connectivity index (χ1) is 14.4. The highest BCUT2D eigenvalue weighted by Gasteiger charge is 2.17. The van der Waals surface area contributed by atoms with Crippen molar-refractivity contribution < 1.29 is 12.8 Å². The molecule has 2 aromatic heterocycles. The van der Waals surface area contributed by atoms with E-state index in [-0.39, 0.29) is 4.90 Å². The maximum atomic E-state index is 13.3. The Kier molecular flexibility index (Phi) is 5.15. The molecule has 0 fully saturated rings. The molecule has 152 valence electrons. The highest BCUT2D eigenvalue weighted by atomic mass is 32.2. The van der Waals surface area contributed by atoms with Gasteiger partial charge in [0.1, 0.15) is 18.0 Å². The van der Waals surface area contributed by atoms with Crippen LogP contribution < -0.4 is 10.0 Å². The molecule has 8 nitrogen and oxygen atoms in total. The van der Waals surface area contributed by atoms with Crippen LogP contribution in [0.25, 0.3) is 5.82 Å². The van der Waals surface area contributed by atoms with Gasteiger partial charge in [-0.25, -0.2) is 27.5 Å². The van der Waals surface area contributed by atoms with Crippen molar-refractivity contribution in [1.29, 1.82) is 0 Å². The van der Waals surface area contributed by atoms with Gasteiger partial charge in [0, 0.05) is 29.8 Å². The molecule has 0 aliphatic carbocycles. The average Bonchev–Trinajstić information content (AvgIpc) is 3.24. The van der Waals surface area contributed by atoms with Gasteiger partial charge in [-0.2, -0.15) is 5.10 Å². The van der Waals surface area contributed by atoms with Crippen molar-refractivity contribution in [3.05, 3.63) is 84.7 Å². The number of hydrogen-bond donors (Lipinski definition) is 2. The minimum absolute atomic E-state index is 0.0261. The minimum atomic E-state index is -3.83. The van der Waals surface area contributed by atoms with Crippen LogP contribution in [0.15, 0.2) is 78.2 Å². The molecular formula is C20H17FN6O2S. The predicted octanol–water partition coefficient (Wildman–Crippen LogP) is 3.65. The zero-order valence-electron chi connectivity index (χ0n) is 15.8. The lowest BCUT2D eigenvalue weighted by molar-refractivity contribution is 0.598. The number of nitrogens with zero attached hydrogens (tertiary/aromatic N) is 4. The van der Waals surface area contributed by atoms with E-state index in [4.69, 9.17) is 0 Å². The maximum absolute atomic E-state index is 13.3. The molecule has 0 saturated carbocycles. The highest BCUT2D eigenvalue weighted by molar-refractivity contribution is 7.92. The van der Waals surface area contributed by atoms with Crippen LogP contribution in [0.2, 0.25) is 0 Å². The van der Waals surface area contributed by atoms with Crippen LogP contribution >= 0.6 is 0 Å². The van der Waals surface area contributed by atoms with Crippen LogP contribution in [0.5, 0.6) is 0 Å². The number of sulfonamides is 1. The van der Waals surface area contributed by atoms with E-state index < -0.39 is 15.8 Å². The second kappa shape index (κ2) is 7.91. The SMILES string of the molecule is Cc1cc(F)ccc1S(=O)(=O)Nc1ccc(Nc2cc(-n3cccn3)ncn2)cc1. The molecule has 0 aliphatic heterocycles. The predicted molar refractivity (Wildman–Crippen MR) is 111 cm³/mol. The molecule has 2 N–H and O–H groups in total. The number of halogens is 1. The van der Waals surface area contributed by atoms with Crippen molar-refractivity contribution >= 4 is 27.2 Å². The summed E-state index contributed by atoms with van der Waals surface area (Å²) in [4.78, 5) is 8.37. The van der Waals surface area contributed by atoms with E-state index in [0.29, 0.717) is 28.6 Å². The van der Waals surface area contributed by atoms with Crippen LogP contribution in [-0.4, -0.2) is 28.2 Å². The van der Waals surface area contributed by atoms with Gasteiger partial charge in [0.05, 0.1) is 4.90 Å².